The molecule has 0 radical (unpaired) electrons. The summed E-state index contributed by atoms with van der Waals surface area (Å²) in [6.45, 7) is 1.61. The zero-order valence-electron chi connectivity index (χ0n) is 7.12. The van der Waals surface area contributed by atoms with Crippen molar-refractivity contribution in [2.75, 3.05) is 0 Å². The molecule has 0 bridgehead atoms. The van der Waals surface area contributed by atoms with Crippen LogP contribution in [0.15, 0.2) is 30.3 Å². The lowest BCUT2D eigenvalue weighted by atomic mass is 10.1. The molecule has 0 spiro atoms. The molecule has 0 aliphatic heterocycles. The number of hydrogen-bond donors (Lipinski definition) is 1. The minimum atomic E-state index is -1.05. The van der Waals surface area contributed by atoms with Crippen molar-refractivity contribution in [3.63, 3.8) is 0 Å². The lowest BCUT2D eigenvalue weighted by Gasteiger charge is -2.00. The summed E-state index contributed by atoms with van der Waals surface area (Å²) in [5.74, 6) is -1.48. The SMILES string of the molecule is CC=C(C(=O)O)c1cccc(F)c1. The fourth-order valence-electron chi connectivity index (χ4n) is 1.07. The molecule has 0 amide bonds. The normalized spacial score (nSPS) is 11.4. The van der Waals surface area contributed by atoms with E-state index in [4.69, 9.17) is 5.11 Å². The molecular formula is C10H9FO2. The summed E-state index contributed by atoms with van der Waals surface area (Å²) in [5.41, 5.74) is 0.495. The third kappa shape index (κ3) is 2.15. The Labute approximate surface area is 75.3 Å². The molecule has 0 heterocycles. The van der Waals surface area contributed by atoms with Gasteiger partial charge in [0.05, 0.1) is 5.57 Å². The van der Waals surface area contributed by atoms with Crippen LogP contribution in [0.1, 0.15) is 12.5 Å². The molecule has 0 aliphatic rings. The van der Waals surface area contributed by atoms with Crippen LogP contribution in [0.4, 0.5) is 4.39 Å². The van der Waals surface area contributed by atoms with Gasteiger partial charge in [-0.25, -0.2) is 9.18 Å². The van der Waals surface area contributed by atoms with E-state index in [1.807, 2.05) is 0 Å². The topological polar surface area (TPSA) is 37.3 Å². The van der Waals surface area contributed by atoms with Crippen molar-refractivity contribution in [1.29, 1.82) is 0 Å². The number of halogens is 1. The maximum absolute atomic E-state index is 12.7. The number of benzene rings is 1. The molecule has 1 aromatic carbocycles. The smallest absolute Gasteiger partial charge is 0.335 e. The van der Waals surface area contributed by atoms with E-state index in [-0.39, 0.29) is 5.57 Å². The molecule has 1 N–H and O–H groups in total. The molecule has 0 unspecified atom stereocenters. The number of carboxylic acids is 1. The average Bonchev–Trinajstić information content (AvgIpc) is 2.04. The Morgan fingerprint density at radius 2 is 2.23 bits per heavy atom. The minimum absolute atomic E-state index is 0.111. The predicted molar refractivity (Wildman–Crippen MR) is 47.7 cm³/mol. The largest absolute Gasteiger partial charge is 0.478 e. The summed E-state index contributed by atoms with van der Waals surface area (Å²) in [6.07, 6.45) is 1.44. The van der Waals surface area contributed by atoms with Gasteiger partial charge in [-0.05, 0) is 24.6 Å². The van der Waals surface area contributed by atoms with Gasteiger partial charge in [0.25, 0.3) is 0 Å². The number of carbonyl (C=O) groups is 1. The molecule has 2 nitrogen and oxygen atoms in total. The van der Waals surface area contributed by atoms with Crippen LogP contribution in [0.25, 0.3) is 5.57 Å². The monoisotopic (exact) mass is 180 g/mol. The molecule has 3 heteroatoms. The summed E-state index contributed by atoms with van der Waals surface area (Å²) >= 11 is 0. The number of hydrogen-bond acceptors (Lipinski definition) is 1. The van der Waals surface area contributed by atoms with Gasteiger partial charge in [-0.15, -0.1) is 0 Å². The number of aliphatic carboxylic acids is 1. The van der Waals surface area contributed by atoms with Gasteiger partial charge in [-0.3, -0.25) is 0 Å². The third-order valence-electron chi connectivity index (χ3n) is 1.65. The van der Waals surface area contributed by atoms with Crippen molar-refractivity contribution < 1.29 is 14.3 Å². The highest BCUT2D eigenvalue weighted by Crippen LogP contribution is 2.15. The second-order valence-electron chi connectivity index (χ2n) is 2.52. The van der Waals surface area contributed by atoms with Crippen LogP contribution in [0.5, 0.6) is 0 Å². The second kappa shape index (κ2) is 3.85. The first-order chi connectivity index (χ1) is 6.15. The lowest BCUT2D eigenvalue weighted by molar-refractivity contribution is -0.130. The number of rotatable bonds is 2. The zero-order chi connectivity index (χ0) is 9.84. The first kappa shape index (κ1) is 9.45. The van der Waals surface area contributed by atoms with Crippen LogP contribution >= 0.6 is 0 Å². The Morgan fingerprint density at radius 3 is 2.69 bits per heavy atom. The molecule has 1 rings (SSSR count). The van der Waals surface area contributed by atoms with E-state index in [1.165, 1.54) is 24.3 Å². The van der Waals surface area contributed by atoms with Crippen molar-refractivity contribution >= 4 is 11.5 Å². The summed E-state index contributed by atoms with van der Waals surface area (Å²) in [5, 5.41) is 8.73. The van der Waals surface area contributed by atoms with Crippen LogP contribution < -0.4 is 0 Å². The third-order valence-corrected chi connectivity index (χ3v) is 1.65. The van der Waals surface area contributed by atoms with Gasteiger partial charge < -0.3 is 5.11 Å². The highest BCUT2D eigenvalue weighted by Gasteiger charge is 2.08. The molecule has 0 saturated heterocycles. The Kier molecular flexibility index (Phi) is 2.80. The van der Waals surface area contributed by atoms with Crippen molar-refractivity contribution in [1.82, 2.24) is 0 Å². The first-order valence-electron chi connectivity index (χ1n) is 3.80. The van der Waals surface area contributed by atoms with Gasteiger partial charge in [-0.2, -0.15) is 0 Å². The standard InChI is InChI=1S/C10H9FO2/c1-2-9(10(12)13)7-4-3-5-8(11)6-7/h2-6H,1H3,(H,12,13). The molecule has 68 valence electrons. The van der Waals surface area contributed by atoms with Crippen molar-refractivity contribution in [2.45, 2.75) is 6.92 Å². The summed E-state index contributed by atoms with van der Waals surface area (Å²) in [7, 11) is 0. The van der Waals surface area contributed by atoms with Crippen LogP contribution in [0, 0.1) is 5.82 Å². The average molecular weight is 180 g/mol. The van der Waals surface area contributed by atoms with E-state index in [0.717, 1.165) is 0 Å². The molecule has 13 heavy (non-hydrogen) atoms. The van der Waals surface area contributed by atoms with Gasteiger partial charge in [0.1, 0.15) is 5.82 Å². The molecule has 0 aliphatic carbocycles. The maximum Gasteiger partial charge on any atom is 0.335 e. The van der Waals surface area contributed by atoms with E-state index in [2.05, 4.69) is 0 Å². The minimum Gasteiger partial charge on any atom is -0.478 e. The Balaban J connectivity index is 3.14. The molecule has 1 aromatic rings. The van der Waals surface area contributed by atoms with Gasteiger partial charge in [0, 0.05) is 0 Å². The van der Waals surface area contributed by atoms with E-state index < -0.39 is 11.8 Å². The van der Waals surface area contributed by atoms with Crippen LogP contribution in [0.3, 0.4) is 0 Å². The predicted octanol–water partition coefficient (Wildman–Crippen LogP) is 2.31. The van der Waals surface area contributed by atoms with E-state index >= 15 is 0 Å². The number of carboxylic acid groups (broad SMARTS) is 1. The molecule has 0 aromatic heterocycles. The quantitative estimate of drug-likeness (QED) is 0.709. The lowest BCUT2D eigenvalue weighted by Crippen LogP contribution is -1.99. The van der Waals surface area contributed by atoms with E-state index in [1.54, 1.807) is 13.0 Å². The summed E-state index contributed by atoms with van der Waals surface area (Å²) in [4.78, 5) is 10.7. The van der Waals surface area contributed by atoms with Crippen molar-refractivity contribution in [3.05, 3.63) is 41.7 Å². The highest BCUT2D eigenvalue weighted by molar-refractivity contribution is 6.15. The van der Waals surface area contributed by atoms with Crippen molar-refractivity contribution in [3.8, 4) is 0 Å². The molecule has 0 saturated carbocycles. The summed E-state index contributed by atoms with van der Waals surface area (Å²) < 4.78 is 12.7. The number of allylic oxidation sites excluding steroid dienone is 1. The van der Waals surface area contributed by atoms with Gasteiger partial charge in [-0.1, -0.05) is 18.2 Å². The first-order valence-corrected chi connectivity index (χ1v) is 3.80. The van der Waals surface area contributed by atoms with Crippen molar-refractivity contribution in [2.24, 2.45) is 0 Å². The van der Waals surface area contributed by atoms with Crippen LogP contribution in [-0.4, -0.2) is 11.1 Å². The van der Waals surface area contributed by atoms with Gasteiger partial charge in [0.15, 0.2) is 0 Å². The fourth-order valence-corrected chi connectivity index (χ4v) is 1.07. The summed E-state index contributed by atoms with van der Waals surface area (Å²) in [6, 6.07) is 5.52. The Bertz CT molecular complexity index is 356. The highest BCUT2D eigenvalue weighted by atomic mass is 19.1. The van der Waals surface area contributed by atoms with E-state index in [9.17, 15) is 9.18 Å². The van der Waals surface area contributed by atoms with E-state index in [0.29, 0.717) is 5.56 Å². The van der Waals surface area contributed by atoms with Gasteiger partial charge in [0.2, 0.25) is 0 Å². The fraction of sp³-hybridized carbons (Fsp3) is 0.100. The molecule has 0 atom stereocenters. The molecular weight excluding hydrogens is 171 g/mol. The zero-order valence-corrected chi connectivity index (χ0v) is 7.12. The maximum atomic E-state index is 12.7. The van der Waals surface area contributed by atoms with Crippen LogP contribution in [-0.2, 0) is 4.79 Å². The Morgan fingerprint density at radius 1 is 1.54 bits per heavy atom. The Hall–Kier alpha value is -1.64. The second-order valence-corrected chi connectivity index (χ2v) is 2.52. The van der Waals surface area contributed by atoms with Gasteiger partial charge >= 0.3 is 5.97 Å². The van der Waals surface area contributed by atoms with Crippen LogP contribution in [0.2, 0.25) is 0 Å². The molecule has 0 fully saturated rings.